The number of nitrogens with zero attached hydrogens (tertiary/aromatic N) is 2. The van der Waals surface area contributed by atoms with Gasteiger partial charge < -0.3 is 15.2 Å². The monoisotopic (exact) mass is 251 g/mol. The Kier molecular flexibility index (Phi) is 3.76. The van der Waals surface area contributed by atoms with E-state index in [1.54, 1.807) is 0 Å². The number of anilines is 1. The third-order valence-corrected chi connectivity index (χ3v) is 2.98. The summed E-state index contributed by atoms with van der Waals surface area (Å²) >= 11 is 0. The SMILES string of the molecule is CCc1cc(NC2COCC2C(=O)O)nc(C)n1. The number of hydrogen-bond acceptors (Lipinski definition) is 5. The van der Waals surface area contributed by atoms with Crippen molar-refractivity contribution in [1.82, 2.24) is 9.97 Å². The zero-order valence-electron chi connectivity index (χ0n) is 10.5. The first-order chi connectivity index (χ1) is 8.60. The van der Waals surface area contributed by atoms with E-state index in [2.05, 4.69) is 15.3 Å². The molecule has 1 aliphatic rings. The van der Waals surface area contributed by atoms with Crippen molar-refractivity contribution in [3.8, 4) is 0 Å². The standard InChI is InChI=1S/C12H17N3O3/c1-3-8-4-11(14-7(2)13-8)15-10-6-18-5-9(10)12(16)17/h4,9-10H,3,5-6H2,1-2H3,(H,16,17)(H,13,14,15). The molecule has 0 aliphatic carbocycles. The van der Waals surface area contributed by atoms with Crippen LogP contribution in [-0.4, -0.2) is 40.3 Å². The lowest BCUT2D eigenvalue weighted by Crippen LogP contribution is -2.33. The van der Waals surface area contributed by atoms with Gasteiger partial charge in [-0.2, -0.15) is 0 Å². The lowest BCUT2D eigenvalue weighted by molar-refractivity contribution is -0.141. The van der Waals surface area contributed by atoms with Gasteiger partial charge in [0.05, 0.1) is 19.3 Å². The first-order valence-corrected chi connectivity index (χ1v) is 6.01. The average Bonchev–Trinajstić information content (AvgIpc) is 2.76. The molecule has 18 heavy (non-hydrogen) atoms. The maximum atomic E-state index is 11.0. The summed E-state index contributed by atoms with van der Waals surface area (Å²) in [6.45, 7) is 4.48. The highest BCUT2D eigenvalue weighted by molar-refractivity contribution is 5.72. The molecule has 0 bridgehead atoms. The number of carboxylic acid groups (broad SMARTS) is 1. The van der Waals surface area contributed by atoms with E-state index in [4.69, 9.17) is 9.84 Å². The summed E-state index contributed by atoms with van der Waals surface area (Å²) in [5.41, 5.74) is 0.941. The fourth-order valence-corrected chi connectivity index (χ4v) is 2.01. The number of aromatic nitrogens is 2. The van der Waals surface area contributed by atoms with Crippen molar-refractivity contribution in [1.29, 1.82) is 0 Å². The number of ether oxygens (including phenoxy) is 1. The molecule has 2 N–H and O–H groups in total. The van der Waals surface area contributed by atoms with Crippen molar-refractivity contribution < 1.29 is 14.6 Å². The van der Waals surface area contributed by atoms with Gasteiger partial charge in [0.15, 0.2) is 0 Å². The second-order valence-electron chi connectivity index (χ2n) is 4.38. The summed E-state index contributed by atoms with van der Waals surface area (Å²) in [7, 11) is 0. The summed E-state index contributed by atoms with van der Waals surface area (Å²) in [4.78, 5) is 19.6. The summed E-state index contributed by atoms with van der Waals surface area (Å²) in [6, 6.07) is 1.62. The topological polar surface area (TPSA) is 84.3 Å². The molecule has 0 radical (unpaired) electrons. The lowest BCUT2D eigenvalue weighted by atomic mass is 10.0. The van der Waals surface area contributed by atoms with Gasteiger partial charge in [0.2, 0.25) is 0 Å². The van der Waals surface area contributed by atoms with Crippen molar-refractivity contribution in [2.24, 2.45) is 5.92 Å². The molecule has 2 heterocycles. The van der Waals surface area contributed by atoms with Crippen LogP contribution < -0.4 is 5.32 Å². The highest BCUT2D eigenvalue weighted by Gasteiger charge is 2.34. The van der Waals surface area contributed by atoms with Crippen molar-refractivity contribution in [3.05, 3.63) is 17.6 Å². The van der Waals surface area contributed by atoms with Crippen molar-refractivity contribution in [3.63, 3.8) is 0 Å². The number of nitrogens with one attached hydrogen (secondary N) is 1. The molecule has 2 atom stereocenters. The van der Waals surface area contributed by atoms with E-state index in [9.17, 15) is 4.79 Å². The molecule has 98 valence electrons. The van der Waals surface area contributed by atoms with Crippen LogP contribution >= 0.6 is 0 Å². The molecule has 6 nitrogen and oxygen atoms in total. The summed E-state index contributed by atoms with van der Waals surface area (Å²) < 4.78 is 5.20. The molecule has 0 spiro atoms. The van der Waals surface area contributed by atoms with Crippen LogP contribution in [0, 0.1) is 12.8 Å². The Balaban J connectivity index is 2.13. The molecule has 0 aromatic carbocycles. The second kappa shape index (κ2) is 5.30. The Hall–Kier alpha value is -1.69. The molecular weight excluding hydrogens is 234 g/mol. The van der Waals surface area contributed by atoms with Gasteiger partial charge in [0, 0.05) is 11.8 Å². The number of aliphatic carboxylic acids is 1. The van der Waals surface area contributed by atoms with Crippen LogP contribution in [0.15, 0.2) is 6.07 Å². The van der Waals surface area contributed by atoms with E-state index < -0.39 is 11.9 Å². The molecule has 1 fully saturated rings. The number of carbonyl (C=O) groups is 1. The smallest absolute Gasteiger partial charge is 0.311 e. The maximum Gasteiger partial charge on any atom is 0.311 e. The maximum absolute atomic E-state index is 11.0. The highest BCUT2D eigenvalue weighted by atomic mass is 16.5. The van der Waals surface area contributed by atoms with Crippen LogP contribution in [0.4, 0.5) is 5.82 Å². The van der Waals surface area contributed by atoms with Crippen LogP contribution in [0.2, 0.25) is 0 Å². The molecular formula is C12H17N3O3. The Labute approximate surface area is 105 Å². The fraction of sp³-hybridized carbons (Fsp3) is 0.583. The third kappa shape index (κ3) is 2.76. The average molecular weight is 251 g/mol. The van der Waals surface area contributed by atoms with E-state index in [1.165, 1.54) is 0 Å². The molecule has 2 rings (SSSR count). The van der Waals surface area contributed by atoms with Crippen LogP contribution in [0.25, 0.3) is 0 Å². The molecule has 1 aromatic heterocycles. The van der Waals surface area contributed by atoms with E-state index in [0.29, 0.717) is 18.2 Å². The Morgan fingerprint density at radius 3 is 3.00 bits per heavy atom. The molecule has 2 unspecified atom stereocenters. The summed E-state index contributed by atoms with van der Waals surface area (Å²) in [5, 5.41) is 12.2. The molecule has 1 aromatic rings. The largest absolute Gasteiger partial charge is 0.481 e. The predicted molar refractivity (Wildman–Crippen MR) is 65.5 cm³/mol. The van der Waals surface area contributed by atoms with Crippen molar-refractivity contribution in [2.75, 3.05) is 18.5 Å². The minimum atomic E-state index is -0.841. The molecule has 0 amide bonds. The number of hydrogen-bond donors (Lipinski definition) is 2. The van der Waals surface area contributed by atoms with Crippen LogP contribution in [0.5, 0.6) is 0 Å². The van der Waals surface area contributed by atoms with Gasteiger partial charge in [-0.15, -0.1) is 0 Å². The van der Waals surface area contributed by atoms with Gasteiger partial charge in [-0.05, 0) is 13.3 Å². The lowest BCUT2D eigenvalue weighted by Gasteiger charge is -2.16. The summed E-state index contributed by atoms with van der Waals surface area (Å²) in [5.74, 6) is -0.0134. The minimum Gasteiger partial charge on any atom is -0.481 e. The zero-order valence-corrected chi connectivity index (χ0v) is 10.5. The van der Waals surface area contributed by atoms with Crippen LogP contribution in [0.1, 0.15) is 18.4 Å². The van der Waals surface area contributed by atoms with Gasteiger partial charge in [0.1, 0.15) is 17.6 Å². The second-order valence-corrected chi connectivity index (χ2v) is 4.38. The molecule has 1 saturated heterocycles. The van der Waals surface area contributed by atoms with Crippen molar-refractivity contribution >= 4 is 11.8 Å². The first kappa shape index (κ1) is 12.8. The predicted octanol–water partition coefficient (Wildman–Crippen LogP) is 0.859. The van der Waals surface area contributed by atoms with Gasteiger partial charge in [-0.25, -0.2) is 9.97 Å². The fourth-order valence-electron chi connectivity index (χ4n) is 2.01. The molecule has 1 aliphatic heterocycles. The Bertz CT molecular complexity index is 450. The first-order valence-electron chi connectivity index (χ1n) is 6.01. The number of carboxylic acids is 1. The highest BCUT2D eigenvalue weighted by Crippen LogP contribution is 2.19. The summed E-state index contributed by atoms with van der Waals surface area (Å²) in [6.07, 6.45) is 0.821. The van der Waals surface area contributed by atoms with Crippen LogP contribution in [-0.2, 0) is 16.0 Å². The Morgan fingerprint density at radius 2 is 2.33 bits per heavy atom. The van der Waals surface area contributed by atoms with E-state index in [-0.39, 0.29) is 12.6 Å². The normalized spacial score (nSPS) is 23.0. The van der Waals surface area contributed by atoms with Crippen molar-refractivity contribution in [2.45, 2.75) is 26.3 Å². The third-order valence-electron chi connectivity index (χ3n) is 2.98. The van der Waals surface area contributed by atoms with E-state index in [0.717, 1.165) is 12.1 Å². The quantitative estimate of drug-likeness (QED) is 0.825. The molecule has 6 heteroatoms. The Morgan fingerprint density at radius 1 is 1.56 bits per heavy atom. The number of aryl methyl sites for hydroxylation is 2. The van der Waals surface area contributed by atoms with Gasteiger partial charge in [0.25, 0.3) is 0 Å². The minimum absolute atomic E-state index is 0.235. The van der Waals surface area contributed by atoms with E-state index in [1.807, 2.05) is 19.9 Å². The van der Waals surface area contributed by atoms with Gasteiger partial charge >= 0.3 is 5.97 Å². The van der Waals surface area contributed by atoms with Gasteiger partial charge in [-0.3, -0.25) is 4.79 Å². The number of rotatable bonds is 4. The molecule has 0 saturated carbocycles. The van der Waals surface area contributed by atoms with Crippen LogP contribution in [0.3, 0.4) is 0 Å². The van der Waals surface area contributed by atoms with Gasteiger partial charge in [-0.1, -0.05) is 6.92 Å². The van der Waals surface area contributed by atoms with E-state index >= 15 is 0 Å². The zero-order chi connectivity index (χ0) is 13.1.